The number of fused-ring (bicyclic) bond motifs is 1. The predicted molar refractivity (Wildman–Crippen MR) is 78.4 cm³/mol. The molecule has 2 aliphatic rings. The second-order valence-electron chi connectivity index (χ2n) is 4.05. The van der Waals surface area contributed by atoms with Gasteiger partial charge in [-0.1, -0.05) is 23.5 Å². The minimum atomic E-state index is -0.325. The number of esters is 1. The Balaban J connectivity index is 2.03. The average molecular weight is 298 g/mol. The van der Waals surface area contributed by atoms with Crippen molar-refractivity contribution in [1.29, 1.82) is 0 Å². The van der Waals surface area contributed by atoms with Gasteiger partial charge in [-0.25, -0.2) is 4.99 Å². The lowest BCUT2D eigenvalue weighted by atomic mass is 10.0. The van der Waals surface area contributed by atoms with E-state index in [1.165, 1.54) is 11.8 Å². The first-order chi connectivity index (χ1) is 9.02. The number of amidine groups is 1. The highest BCUT2D eigenvalue weighted by molar-refractivity contribution is 8.18. The van der Waals surface area contributed by atoms with Crippen LogP contribution in [0.15, 0.2) is 20.5 Å². The second kappa shape index (κ2) is 5.92. The summed E-state index contributed by atoms with van der Waals surface area (Å²) in [4.78, 5) is 32.6. The fourth-order valence-electron chi connectivity index (χ4n) is 1.73. The molecule has 0 aromatic carbocycles. The highest BCUT2D eigenvalue weighted by atomic mass is 32.2. The number of hydrogen-bond donors (Lipinski definition) is 0. The molecule has 0 N–H and O–H groups in total. The van der Waals surface area contributed by atoms with Gasteiger partial charge in [0.2, 0.25) is 0 Å². The van der Waals surface area contributed by atoms with Crippen molar-refractivity contribution >= 4 is 45.6 Å². The molecular weight excluding hydrogens is 284 g/mol. The quantitative estimate of drug-likeness (QED) is 0.747. The molecule has 1 unspecified atom stereocenters. The highest BCUT2D eigenvalue weighted by Crippen LogP contribution is 2.40. The lowest BCUT2D eigenvalue weighted by molar-refractivity contribution is -0.139. The van der Waals surface area contributed by atoms with Crippen molar-refractivity contribution in [1.82, 2.24) is 0 Å². The molecule has 0 saturated heterocycles. The van der Waals surface area contributed by atoms with Gasteiger partial charge in [-0.3, -0.25) is 9.59 Å². The minimum absolute atomic E-state index is 0.122. The molecule has 1 atom stereocenters. The fraction of sp³-hybridized carbons (Fsp3) is 0.500. The van der Waals surface area contributed by atoms with E-state index in [1.807, 2.05) is 13.8 Å². The lowest BCUT2D eigenvalue weighted by Crippen LogP contribution is -2.24. The van der Waals surface area contributed by atoms with Gasteiger partial charge in [-0.2, -0.15) is 4.99 Å². The zero-order valence-electron chi connectivity index (χ0n) is 10.9. The molecule has 2 heterocycles. The van der Waals surface area contributed by atoms with Crippen molar-refractivity contribution in [2.75, 3.05) is 12.4 Å². The fourth-order valence-corrected chi connectivity index (χ4v) is 3.56. The maximum Gasteiger partial charge on any atom is 0.316 e. The molecule has 1 amide bonds. The smallest absolute Gasteiger partial charge is 0.316 e. The van der Waals surface area contributed by atoms with Crippen LogP contribution in [0.1, 0.15) is 20.8 Å². The second-order valence-corrected chi connectivity index (χ2v) is 6.23. The number of amides is 1. The summed E-state index contributed by atoms with van der Waals surface area (Å²) in [6.45, 7) is 6.00. The molecule has 5 nitrogen and oxygen atoms in total. The molecule has 0 radical (unpaired) electrons. The highest BCUT2D eigenvalue weighted by Gasteiger charge is 2.36. The minimum Gasteiger partial charge on any atom is -0.465 e. The summed E-state index contributed by atoms with van der Waals surface area (Å²) in [6, 6.07) is 0. The van der Waals surface area contributed by atoms with Gasteiger partial charge in [-0.15, -0.1) is 0 Å². The Morgan fingerprint density at radius 3 is 2.84 bits per heavy atom. The van der Waals surface area contributed by atoms with Crippen LogP contribution in [0, 0.1) is 5.92 Å². The van der Waals surface area contributed by atoms with Crippen molar-refractivity contribution in [2.45, 2.75) is 20.8 Å². The number of aliphatic imine (C=N–C) groups is 2. The molecule has 0 aliphatic carbocycles. The maximum atomic E-state index is 12.0. The monoisotopic (exact) mass is 298 g/mol. The van der Waals surface area contributed by atoms with Crippen LogP contribution in [0.4, 0.5) is 0 Å². The van der Waals surface area contributed by atoms with E-state index in [0.29, 0.717) is 11.8 Å². The Kier molecular flexibility index (Phi) is 4.46. The van der Waals surface area contributed by atoms with Gasteiger partial charge in [0.05, 0.1) is 17.4 Å². The molecule has 0 fully saturated rings. The zero-order chi connectivity index (χ0) is 14.0. The van der Waals surface area contributed by atoms with Gasteiger partial charge in [0.25, 0.3) is 5.91 Å². The number of hydrogen-bond acceptors (Lipinski definition) is 6. The third kappa shape index (κ3) is 3.09. The van der Waals surface area contributed by atoms with E-state index in [4.69, 9.17) is 4.74 Å². The first-order valence-corrected chi connectivity index (χ1v) is 7.68. The third-order valence-corrected chi connectivity index (χ3v) is 4.76. The number of ether oxygens (including phenoxy) is 1. The predicted octanol–water partition coefficient (Wildman–Crippen LogP) is 2.23. The molecule has 0 aromatic rings. The van der Waals surface area contributed by atoms with E-state index in [2.05, 4.69) is 9.98 Å². The van der Waals surface area contributed by atoms with Crippen LogP contribution in [0.5, 0.6) is 0 Å². The van der Waals surface area contributed by atoms with Crippen molar-refractivity contribution in [3.05, 3.63) is 10.5 Å². The molecule has 0 saturated carbocycles. The van der Waals surface area contributed by atoms with Crippen molar-refractivity contribution in [3.8, 4) is 0 Å². The molecule has 2 aliphatic heterocycles. The molecular formula is C12H14N2O3S2. The topological polar surface area (TPSA) is 68.1 Å². The molecule has 7 heteroatoms. The van der Waals surface area contributed by atoms with Crippen LogP contribution in [0.25, 0.3) is 0 Å². The summed E-state index contributed by atoms with van der Waals surface area (Å²) >= 11 is 2.64. The van der Waals surface area contributed by atoms with Crippen molar-refractivity contribution in [3.63, 3.8) is 0 Å². The Labute approximate surface area is 120 Å². The van der Waals surface area contributed by atoms with Crippen LogP contribution in [0.2, 0.25) is 0 Å². The first kappa shape index (κ1) is 14.3. The van der Waals surface area contributed by atoms with Gasteiger partial charge < -0.3 is 4.74 Å². The van der Waals surface area contributed by atoms with Gasteiger partial charge in [0.1, 0.15) is 5.92 Å². The molecule has 19 heavy (non-hydrogen) atoms. The normalized spacial score (nSPS) is 22.1. The van der Waals surface area contributed by atoms with Crippen LogP contribution in [-0.2, 0) is 14.3 Å². The van der Waals surface area contributed by atoms with E-state index in [0.717, 1.165) is 27.3 Å². The summed E-state index contributed by atoms with van der Waals surface area (Å²) in [7, 11) is 0. The number of carbonyl (C=O) groups is 2. The summed E-state index contributed by atoms with van der Waals surface area (Å²) < 4.78 is 4.82. The Morgan fingerprint density at radius 2 is 2.16 bits per heavy atom. The maximum absolute atomic E-state index is 12.0. The van der Waals surface area contributed by atoms with E-state index in [1.54, 1.807) is 6.92 Å². The molecule has 0 spiro atoms. The SMILES string of the molecule is CCOC(=O)CSC1=NC(=O)C2C(=N1)SC(C)=C2C. The van der Waals surface area contributed by atoms with E-state index < -0.39 is 0 Å². The van der Waals surface area contributed by atoms with Gasteiger partial charge in [0.15, 0.2) is 5.17 Å². The number of allylic oxidation sites excluding steroid dienone is 1. The summed E-state index contributed by atoms with van der Waals surface area (Å²) in [5.74, 6) is -0.707. The molecule has 0 aromatic heterocycles. The lowest BCUT2D eigenvalue weighted by Gasteiger charge is -2.14. The number of thioether (sulfide) groups is 2. The summed E-state index contributed by atoms with van der Waals surface area (Å²) in [5, 5.41) is 1.11. The molecule has 0 bridgehead atoms. The largest absolute Gasteiger partial charge is 0.465 e. The summed E-state index contributed by atoms with van der Waals surface area (Å²) in [5.41, 5.74) is 1.02. The Bertz CT molecular complexity index is 523. The Hall–Kier alpha value is -1.08. The zero-order valence-corrected chi connectivity index (χ0v) is 12.6. The number of rotatable bonds is 3. The van der Waals surface area contributed by atoms with Crippen LogP contribution < -0.4 is 0 Å². The molecule has 2 rings (SSSR count). The van der Waals surface area contributed by atoms with Gasteiger partial charge in [-0.05, 0) is 31.2 Å². The van der Waals surface area contributed by atoms with Crippen LogP contribution in [0.3, 0.4) is 0 Å². The summed E-state index contributed by atoms with van der Waals surface area (Å²) in [6.07, 6.45) is 0. The van der Waals surface area contributed by atoms with E-state index in [-0.39, 0.29) is 23.5 Å². The van der Waals surface area contributed by atoms with Crippen LogP contribution in [-0.4, -0.2) is 34.4 Å². The van der Waals surface area contributed by atoms with Gasteiger partial charge in [0, 0.05) is 0 Å². The number of carbonyl (C=O) groups excluding carboxylic acids is 2. The molecule has 102 valence electrons. The van der Waals surface area contributed by atoms with E-state index >= 15 is 0 Å². The van der Waals surface area contributed by atoms with Crippen LogP contribution >= 0.6 is 23.5 Å². The average Bonchev–Trinajstić information content (AvgIpc) is 2.63. The Morgan fingerprint density at radius 1 is 1.42 bits per heavy atom. The number of nitrogens with zero attached hydrogens (tertiary/aromatic N) is 2. The van der Waals surface area contributed by atoms with Crippen molar-refractivity contribution in [2.24, 2.45) is 15.9 Å². The first-order valence-electron chi connectivity index (χ1n) is 5.87. The standard InChI is InChI=1S/C12H14N2O3S2/c1-4-17-8(15)5-18-12-13-10(16)9-6(2)7(3)19-11(9)14-12/h9H,4-5H2,1-3H3. The van der Waals surface area contributed by atoms with Gasteiger partial charge >= 0.3 is 5.97 Å². The van der Waals surface area contributed by atoms with E-state index in [9.17, 15) is 9.59 Å². The third-order valence-electron chi connectivity index (χ3n) is 2.78. The van der Waals surface area contributed by atoms with Crippen molar-refractivity contribution < 1.29 is 14.3 Å².